The number of hydrogen-bond donors (Lipinski definition) is 0. The van der Waals surface area contributed by atoms with Crippen LogP contribution in [0.1, 0.15) is 0 Å². The zero-order chi connectivity index (χ0) is 15.7. The van der Waals surface area contributed by atoms with Gasteiger partial charge >= 0.3 is 144 Å². The van der Waals surface area contributed by atoms with Crippen molar-refractivity contribution in [2.45, 2.75) is 0 Å². The molecule has 0 saturated carbocycles. The Morgan fingerprint density at radius 1 is 0.864 bits per heavy atom. The van der Waals surface area contributed by atoms with Gasteiger partial charge in [-0.25, -0.2) is 0 Å². The Kier molecular flexibility index (Phi) is 4.38. The number of benzene rings is 2. The van der Waals surface area contributed by atoms with Crippen molar-refractivity contribution in [3.8, 4) is 0 Å². The first-order valence-electron chi connectivity index (χ1n) is 6.99. The number of imidazole rings is 1. The van der Waals surface area contributed by atoms with Gasteiger partial charge in [-0.3, -0.25) is 0 Å². The first-order valence-corrected chi connectivity index (χ1v) is 11.4. The topological polar surface area (TPSA) is 9.86 Å². The van der Waals surface area contributed by atoms with Gasteiger partial charge < -0.3 is 0 Å². The molecule has 1 aromatic heterocycles. The zero-order valence-corrected chi connectivity index (χ0v) is 15.9. The molecular formula is C17H17N2PSSe. The third-order valence-electron chi connectivity index (χ3n) is 3.80. The maximum absolute atomic E-state index is 5.51. The molecule has 0 N–H and O–H groups in total. The van der Waals surface area contributed by atoms with Gasteiger partial charge in [-0.2, -0.15) is 0 Å². The van der Waals surface area contributed by atoms with E-state index in [2.05, 4.69) is 93.6 Å². The van der Waals surface area contributed by atoms with Crippen LogP contribution in [0, 0.1) is 4.77 Å². The standard InChI is InChI=1S/C17H17N2PSSe/c1-18-13-16(19(2)17(18)21)20(22,14-9-5-3-6-10-14)15-11-7-4-8-12-15/h3-13H,1-2H3. The van der Waals surface area contributed by atoms with Crippen molar-refractivity contribution in [3.63, 3.8) is 0 Å². The number of aromatic nitrogens is 2. The van der Waals surface area contributed by atoms with Crippen molar-refractivity contribution in [2.75, 3.05) is 0 Å². The molecular weight excluding hydrogens is 374 g/mol. The summed E-state index contributed by atoms with van der Waals surface area (Å²) in [6, 6.07) is 21.3. The molecule has 0 saturated heterocycles. The van der Waals surface area contributed by atoms with Gasteiger partial charge in [0, 0.05) is 0 Å². The minimum atomic E-state index is -1.82. The summed E-state index contributed by atoms with van der Waals surface area (Å²) in [6.45, 7) is 0. The number of nitrogens with zero attached hydrogens (tertiary/aromatic N) is 2. The Morgan fingerprint density at radius 3 is 1.68 bits per heavy atom. The summed E-state index contributed by atoms with van der Waals surface area (Å²) in [5.41, 5.74) is -0.572. The summed E-state index contributed by atoms with van der Waals surface area (Å²) in [6.07, 6.45) is 2.16. The van der Waals surface area contributed by atoms with E-state index in [0.717, 1.165) is 4.77 Å². The van der Waals surface area contributed by atoms with E-state index < -0.39 is 5.51 Å². The van der Waals surface area contributed by atoms with Crippen LogP contribution in [0.4, 0.5) is 0 Å². The van der Waals surface area contributed by atoms with Crippen LogP contribution in [-0.2, 0) is 14.1 Å². The van der Waals surface area contributed by atoms with E-state index in [0.29, 0.717) is 0 Å². The SMILES string of the molecule is Cn1cc(P(=[Se])(c2ccccc2)c2ccccc2)n(C)c1=S. The van der Waals surface area contributed by atoms with Crippen LogP contribution in [0.2, 0.25) is 0 Å². The van der Waals surface area contributed by atoms with Crippen LogP contribution in [0.3, 0.4) is 0 Å². The van der Waals surface area contributed by atoms with Crippen molar-refractivity contribution in [2.24, 2.45) is 14.1 Å². The number of hydrogen-bond acceptors (Lipinski definition) is 1. The second-order valence-electron chi connectivity index (χ2n) is 5.22. The van der Waals surface area contributed by atoms with Gasteiger partial charge in [-0.15, -0.1) is 0 Å². The van der Waals surface area contributed by atoms with Gasteiger partial charge in [-0.05, 0) is 0 Å². The van der Waals surface area contributed by atoms with Crippen LogP contribution in [0.5, 0.6) is 0 Å². The fourth-order valence-corrected chi connectivity index (χ4v) is 8.31. The predicted octanol–water partition coefficient (Wildman–Crippen LogP) is 2.47. The summed E-state index contributed by atoms with van der Waals surface area (Å²) in [4.78, 5) is 0. The van der Waals surface area contributed by atoms with Gasteiger partial charge in [0.05, 0.1) is 0 Å². The molecule has 0 aliphatic heterocycles. The van der Waals surface area contributed by atoms with Crippen LogP contribution in [0.25, 0.3) is 0 Å². The van der Waals surface area contributed by atoms with E-state index in [-0.39, 0.29) is 0 Å². The van der Waals surface area contributed by atoms with Crippen molar-refractivity contribution in [3.05, 3.63) is 71.6 Å². The summed E-state index contributed by atoms with van der Waals surface area (Å²) in [5, 5.41) is 2.63. The molecule has 112 valence electrons. The van der Waals surface area contributed by atoms with E-state index in [4.69, 9.17) is 12.2 Å². The second kappa shape index (κ2) is 6.14. The molecule has 0 unspecified atom stereocenters. The van der Waals surface area contributed by atoms with Crippen molar-refractivity contribution in [1.29, 1.82) is 0 Å². The van der Waals surface area contributed by atoms with Gasteiger partial charge in [-0.1, -0.05) is 0 Å². The molecule has 3 rings (SSSR count). The summed E-state index contributed by atoms with van der Waals surface area (Å²) >= 11 is 9.07. The van der Waals surface area contributed by atoms with Gasteiger partial charge in [0.15, 0.2) is 0 Å². The Bertz CT molecular complexity index is 854. The maximum atomic E-state index is 5.51. The number of rotatable bonds is 3. The molecule has 0 aliphatic carbocycles. The first-order chi connectivity index (χ1) is 10.5. The quantitative estimate of drug-likeness (QED) is 0.379. The molecule has 0 bridgehead atoms. The van der Waals surface area contributed by atoms with Gasteiger partial charge in [0.2, 0.25) is 0 Å². The molecule has 0 fully saturated rings. The number of aryl methyl sites for hydroxylation is 1. The molecule has 0 atom stereocenters. The summed E-state index contributed by atoms with van der Waals surface area (Å²) < 4.78 is 4.98. The molecule has 0 aliphatic rings. The summed E-state index contributed by atoms with van der Waals surface area (Å²) in [5.74, 6) is 0. The van der Waals surface area contributed by atoms with E-state index in [1.165, 1.54) is 16.0 Å². The Labute approximate surface area is 143 Å². The van der Waals surface area contributed by atoms with E-state index in [9.17, 15) is 0 Å². The average Bonchev–Trinajstić information content (AvgIpc) is 2.83. The van der Waals surface area contributed by atoms with Gasteiger partial charge in [0.1, 0.15) is 0 Å². The molecule has 2 aromatic carbocycles. The third kappa shape index (κ3) is 2.51. The normalized spacial score (nSPS) is 11.5. The fourth-order valence-electron chi connectivity index (χ4n) is 2.63. The zero-order valence-electron chi connectivity index (χ0n) is 12.5. The molecule has 5 heteroatoms. The monoisotopic (exact) mass is 392 g/mol. The van der Waals surface area contributed by atoms with Crippen LogP contribution >= 0.6 is 17.7 Å². The van der Waals surface area contributed by atoms with E-state index in [1.807, 2.05) is 11.6 Å². The molecule has 3 aromatic rings. The molecule has 0 radical (unpaired) electrons. The van der Waals surface area contributed by atoms with Crippen molar-refractivity contribution in [1.82, 2.24) is 9.13 Å². The molecule has 0 spiro atoms. The van der Waals surface area contributed by atoms with E-state index >= 15 is 0 Å². The Balaban J connectivity index is 2.36. The first kappa shape index (κ1) is 15.7. The minimum absolute atomic E-state index is 0.835. The summed E-state index contributed by atoms with van der Waals surface area (Å²) in [7, 11) is 4.06. The molecule has 1 heterocycles. The van der Waals surface area contributed by atoms with Crippen LogP contribution in [0.15, 0.2) is 66.9 Å². The Morgan fingerprint density at radius 2 is 1.32 bits per heavy atom. The van der Waals surface area contributed by atoms with Crippen LogP contribution in [-0.4, -0.2) is 24.2 Å². The van der Waals surface area contributed by atoms with E-state index in [1.54, 1.807) is 0 Å². The van der Waals surface area contributed by atoms with Gasteiger partial charge in [0.25, 0.3) is 0 Å². The predicted molar refractivity (Wildman–Crippen MR) is 99.7 cm³/mol. The van der Waals surface area contributed by atoms with Crippen molar-refractivity contribution >= 4 is 48.9 Å². The molecule has 2 nitrogen and oxygen atoms in total. The van der Waals surface area contributed by atoms with Crippen LogP contribution < -0.4 is 16.0 Å². The third-order valence-corrected chi connectivity index (χ3v) is 11.3. The Hall–Kier alpha value is -1.18. The molecule has 0 amide bonds. The average molecular weight is 391 g/mol. The molecule has 22 heavy (non-hydrogen) atoms. The second-order valence-corrected chi connectivity index (χ2v) is 11.7. The van der Waals surface area contributed by atoms with Crippen molar-refractivity contribution < 1.29 is 0 Å². The fraction of sp³-hybridized carbons (Fsp3) is 0.118.